The second-order valence-electron chi connectivity index (χ2n) is 5.24. The number of aromatic amines is 1. The Labute approximate surface area is 135 Å². The number of H-pyrrole nitrogens is 1. The van der Waals surface area contributed by atoms with Crippen LogP contribution in [0, 0.1) is 13.8 Å². The molecule has 0 radical (unpaired) electrons. The molecule has 0 saturated carbocycles. The number of urea groups is 1. The van der Waals surface area contributed by atoms with Crippen LogP contribution in [0.1, 0.15) is 29.9 Å². The van der Waals surface area contributed by atoms with E-state index >= 15 is 0 Å². The summed E-state index contributed by atoms with van der Waals surface area (Å²) in [4.78, 5) is 12.2. The van der Waals surface area contributed by atoms with Crippen LogP contribution in [0.4, 0.5) is 10.5 Å². The molecular weight excluding hydrogens is 296 g/mol. The fourth-order valence-corrected chi connectivity index (χ4v) is 2.34. The summed E-state index contributed by atoms with van der Waals surface area (Å²) in [5, 5.41) is 12.6. The number of carbonyl (C=O) groups excluding carboxylic acids is 1. The van der Waals surface area contributed by atoms with Crippen LogP contribution in [0.25, 0.3) is 0 Å². The average molecular weight is 318 g/mol. The molecule has 3 N–H and O–H groups in total. The molecule has 0 aliphatic carbocycles. The number of amides is 2. The number of anilines is 1. The number of benzene rings is 1. The zero-order chi connectivity index (χ0) is 17.0. The zero-order valence-corrected chi connectivity index (χ0v) is 14.0. The maximum Gasteiger partial charge on any atom is 0.319 e. The Kier molecular flexibility index (Phi) is 5.10. The first-order chi connectivity index (χ1) is 11.0. The van der Waals surface area contributed by atoms with Gasteiger partial charge in [-0.1, -0.05) is 0 Å². The molecule has 2 amide bonds. The summed E-state index contributed by atoms with van der Waals surface area (Å²) in [6, 6.07) is 4.91. The third-order valence-corrected chi connectivity index (χ3v) is 3.62. The van der Waals surface area contributed by atoms with Crippen LogP contribution in [-0.2, 0) is 0 Å². The Hall–Kier alpha value is -2.70. The van der Waals surface area contributed by atoms with Crippen LogP contribution in [0.15, 0.2) is 18.2 Å². The van der Waals surface area contributed by atoms with Crippen LogP contribution in [0.5, 0.6) is 11.5 Å². The van der Waals surface area contributed by atoms with Gasteiger partial charge in [0.1, 0.15) is 11.5 Å². The van der Waals surface area contributed by atoms with Gasteiger partial charge >= 0.3 is 6.03 Å². The lowest BCUT2D eigenvalue weighted by atomic mass is 10.1. The van der Waals surface area contributed by atoms with Crippen molar-refractivity contribution >= 4 is 11.7 Å². The molecule has 23 heavy (non-hydrogen) atoms. The van der Waals surface area contributed by atoms with Gasteiger partial charge in [0.25, 0.3) is 0 Å². The number of hydrogen-bond donors (Lipinski definition) is 3. The minimum absolute atomic E-state index is 0.257. The van der Waals surface area contributed by atoms with Crippen LogP contribution >= 0.6 is 0 Å². The van der Waals surface area contributed by atoms with Gasteiger partial charge in [-0.05, 0) is 39.0 Å². The van der Waals surface area contributed by atoms with Gasteiger partial charge < -0.3 is 20.1 Å². The summed E-state index contributed by atoms with van der Waals surface area (Å²) in [6.07, 6.45) is 0. The van der Waals surface area contributed by atoms with E-state index in [1.807, 2.05) is 39.0 Å². The van der Waals surface area contributed by atoms with Gasteiger partial charge in [-0.25, -0.2) is 4.79 Å². The van der Waals surface area contributed by atoms with Crippen molar-refractivity contribution in [1.29, 1.82) is 0 Å². The molecule has 2 rings (SSSR count). The Balaban J connectivity index is 2.12. The van der Waals surface area contributed by atoms with Gasteiger partial charge in [0.15, 0.2) is 0 Å². The number of aryl methyl sites for hydroxylation is 2. The summed E-state index contributed by atoms with van der Waals surface area (Å²) in [6.45, 7) is 5.56. The van der Waals surface area contributed by atoms with Gasteiger partial charge in [-0.3, -0.25) is 5.10 Å². The molecular formula is C16H22N4O3. The molecule has 0 aliphatic rings. The lowest BCUT2D eigenvalue weighted by Gasteiger charge is -2.18. The van der Waals surface area contributed by atoms with Crippen LogP contribution in [-0.4, -0.2) is 30.4 Å². The maximum atomic E-state index is 12.2. The summed E-state index contributed by atoms with van der Waals surface area (Å²) in [7, 11) is 3.19. The van der Waals surface area contributed by atoms with Crippen molar-refractivity contribution in [3.63, 3.8) is 0 Å². The molecule has 1 atom stereocenters. The molecule has 7 heteroatoms. The Morgan fingerprint density at radius 2 is 2.00 bits per heavy atom. The monoisotopic (exact) mass is 318 g/mol. The van der Waals surface area contributed by atoms with Crippen LogP contribution in [0.2, 0.25) is 0 Å². The van der Waals surface area contributed by atoms with Gasteiger partial charge in [-0.2, -0.15) is 5.10 Å². The van der Waals surface area contributed by atoms with E-state index in [0.29, 0.717) is 17.2 Å². The van der Waals surface area contributed by atoms with Crippen molar-refractivity contribution < 1.29 is 14.3 Å². The number of carbonyl (C=O) groups is 1. The second-order valence-corrected chi connectivity index (χ2v) is 5.24. The molecule has 0 bridgehead atoms. The fourth-order valence-electron chi connectivity index (χ4n) is 2.34. The summed E-state index contributed by atoms with van der Waals surface area (Å²) >= 11 is 0. The van der Waals surface area contributed by atoms with Crippen molar-refractivity contribution in [2.24, 2.45) is 0 Å². The van der Waals surface area contributed by atoms with E-state index in [0.717, 1.165) is 17.0 Å². The second kappa shape index (κ2) is 7.04. The molecule has 0 fully saturated rings. The molecule has 0 spiro atoms. The Morgan fingerprint density at radius 1 is 1.26 bits per heavy atom. The van der Waals surface area contributed by atoms with Gasteiger partial charge in [0.05, 0.1) is 37.3 Å². The molecule has 1 aromatic heterocycles. The lowest BCUT2D eigenvalue weighted by Crippen LogP contribution is -2.31. The average Bonchev–Trinajstić information content (AvgIpc) is 2.85. The van der Waals surface area contributed by atoms with Gasteiger partial charge in [0.2, 0.25) is 0 Å². The predicted molar refractivity (Wildman–Crippen MR) is 88.2 cm³/mol. The highest BCUT2D eigenvalue weighted by molar-refractivity contribution is 5.90. The predicted octanol–water partition coefficient (Wildman–Crippen LogP) is 2.93. The number of methoxy groups -OCH3 is 2. The van der Waals surface area contributed by atoms with E-state index in [2.05, 4.69) is 20.8 Å². The molecule has 0 aliphatic heterocycles. The highest BCUT2D eigenvalue weighted by atomic mass is 16.5. The first kappa shape index (κ1) is 16.7. The molecule has 0 saturated heterocycles. The van der Waals surface area contributed by atoms with Crippen molar-refractivity contribution in [2.45, 2.75) is 26.8 Å². The summed E-state index contributed by atoms with van der Waals surface area (Å²) in [5.41, 5.74) is 3.07. The topological polar surface area (TPSA) is 88.3 Å². The van der Waals surface area contributed by atoms with Crippen molar-refractivity contribution in [3.8, 4) is 11.5 Å². The normalized spacial score (nSPS) is 11.7. The van der Waals surface area contributed by atoms with E-state index in [-0.39, 0.29) is 12.1 Å². The first-order valence-corrected chi connectivity index (χ1v) is 7.27. The SMILES string of the molecule is COc1ccc(OC)c([C@H](C)NC(=O)Nc2c(C)n[nH]c2C)c1. The first-order valence-electron chi connectivity index (χ1n) is 7.27. The van der Waals surface area contributed by atoms with Crippen LogP contribution in [0.3, 0.4) is 0 Å². The zero-order valence-electron chi connectivity index (χ0n) is 14.0. The summed E-state index contributed by atoms with van der Waals surface area (Å²) < 4.78 is 10.6. The Morgan fingerprint density at radius 3 is 2.57 bits per heavy atom. The number of ether oxygens (including phenoxy) is 2. The van der Waals surface area contributed by atoms with E-state index in [1.165, 1.54) is 0 Å². The molecule has 1 aromatic carbocycles. The lowest BCUT2D eigenvalue weighted by molar-refractivity contribution is 0.249. The van der Waals surface area contributed by atoms with Gasteiger partial charge in [-0.15, -0.1) is 0 Å². The number of nitrogens with one attached hydrogen (secondary N) is 3. The van der Waals surface area contributed by atoms with E-state index in [1.54, 1.807) is 14.2 Å². The largest absolute Gasteiger partial charge is 0.497 e. The quantitative estimate of drug-likeness (QED) is 0.791. The Bertz CT molecular complexity index is 677. The highest BCUT2D eigenvalue weighted by Crippen LogP contribution is 2.29. The van der Waals surface area contributed by atoms with Crippen molar-refractivity contribution in [1.82, 2.24) is 15.5 Å². The van der Waals surface area contributed by atoms with Gasteiger partial charge in [0, 0.05) is 5.56 Å². The number of aromatic nitrogens is 2. The smallest absolute Gasteiger partial charge is 0.319 e. The highest BCUT2D eigenvalue weighted by Gasteiger charge is 2.17. The number of nitrogens with zero attached hydrogens (tertiary/aromatic N) is 1. The minimum atomic E-state index is -0.310. The third kappa shape index (κ3) is 3.74. The third-order valence-electron chi connectivity index (χ3n) is 3.62. The van der Waals surface area contributed by atoms with E-state index in [9.17, 15) is 4.79 Å². The van der Waals surface area contributed by atoms with Crippen molar-refractivity contribution in [3.05, 3.63) is 35.2 Å². The molecule has 0 unspecified atom stereocenters. The van der Waals surface area contributed by atoms with Crippen molar-refractivity contribution in [2.75, 3.05) is 19.5 Å². The number of hydrogen-bond acceptors (Lipinski definition) is 4. The number of rotatable bonds is 5. The fraction of sp³-hybridized carbons (Fsp3) is 0.375. The molecule has 7 nitrogen and oxygen atoms in total. The maximum absolute atomic E-state index is 12.2. The van der Waals surface area contributed by atoms with E-state index < -0.39 is 0 Å². The van der Waals surface area contributed by atoms with E-state index in [4.69, 9.17) is 9.47 Å². The molecule has 2 aromatic rings. The van der Waals surface area contributed by atoms with Crippen LogP contribution < -0.4 is 20.1 Å². The minimum Gasteiger partial charge on any atom is -0.497 e. The molecule has 1 heterocycles. The summed E-state index contributed by atoms with van der Waals surface area (Å²) in [5.74, 6) is 1.39. The molecule has 124 valence electrons. The standard InChI is InChI=1S/C16H22N4O3/c1-9(13-8-12(22-4)6-7-14(13)23-5)17-16(21)18-15-10(2)19-20-11(15)3/h6-9H,1-5H3,(H,19,20)(H2,17,18,21)/t9-/m0/s1.